The number of halogens is 1. The van der Waals surface area contributed by atoms with Gasteiger partial charge in [-0.25, -0.2) is 14.6 Å². The number of aromatic nitrogens is 1. The lowest BCUT2D eigenvalue weighted by molar-refractivity contribution is -0.163. The lowest BCUT2D eigenvalue weighted by Gasteiger charge is -2.48. The molecular formula is C29H38ClN3O6S2Si. The summed E-state index contributed by atoms with van der Waals surface area (Å²) in [5.74, 6) is -0.834. The molecule has 1 aromatic rings. The van der Waals surface area contributed by atoms with Crippen LogP contribution in [-0.4, -0.2) is 84.9 Å². The molecule has 1 fully saturated rings. The molecule has 3 aliphatic heterocycles. The molecule has 4 heterocycles. The number of amides is 2. The van der Waals surface area contributed by atoms with E-state index in [9.17, 15) is 14.4 Å². The number of rotatable bonds is 12. The second-order valence-electron chi connectivity index (χ2n) is 11.4. The number of carbonyl (C=O) groups excluding carboxylic acids is 3. The number of ether oxygens (including phenoxy) is 2. The third kappa shape index (κ3) is 6.72. The Kier molecular flexibility index (Phi) is 10.5. The second-order valence-corrected chi connectivity index (χ2v) is 18.3. The van der Waals surface area contributed by atoms with Crippen molar-refractivity contribution in [1.82, 2.24) is 14.8 Å². The van der Waals surface area contributed by atoms with Crippen molar-refractivity contribution in [3.63, 3.8) is 0 Å². The SMILES string of the molecule is C=CCOC(=O)C1=C(Sc2nc(C3=CCN(C(=O)OCC=C)[C@@H](CCl)C3)cs2)[C@H](C)[C@@H]2[C@@H]([C@@H](C)O[Si](C)(C)C)C(=O)N12. The molecule has 9 nitrogen and oxygen atoms in total. The number of carbonyl (C=O) groups is 3. The topological polar surface area (TPSA) is 98.3 Å². The van der Waals surface area contributed by atoms with Crippen LogP contribution in [0.25, 0.3) is 5.57 Å². The highest BCUT2D eigenvalue weighted by molar-refractivity contribution is 8.04. The molecule has 0 aliphatic carbocycles. The third-order valence-electron chi connectivity index (χ3n) is 7.34. The first-order valence-electron chi connectivity index (χ1n) is 13.9. The third-order valence-corrected chi connectivity index (χ3v) is 11.0. The van der Waals surface area contributed by atoms with Gasteiger partial charge in [-0.2, -0.15) is 0 Å². The predicted octanol–water partition coefficient (Wildman–Crippen LogP) is 5.91. The summed E-state index contributed by atoms with van der Waals surface area (Å²) in [4.78, 5) is 47.9. The van der Waals surface area contributed by atoms with Gasteiger partial charge < -0.3 is 18.8 Å². The number of hydrogen-bond acceptors (Lipinski definition) is 9. The summed E-state index contributed by atoms with van der Waals surface area (Å²) in [7, 11) is -1.88. The molecule has 3 aliphatic rings. The summed E-state index contributed by atoms with van der Waals surface area (Å²) in [6.45, 7) is 18.1. The van der Waals surface area contributed by atoms with E-state index in [-0.39, 0.29) is 60.7 Å². The van der Waals surface area contributed by atoms with Crippen molar-refractivity contribution in [1.29, 1.82) is 0 Å². The zero-order valence-electron chi connectivity index (χ0n) is 24.6. The van der Waals surface area contributed by atoms with E-state index in [1.165, 1.54) is 35.3 Å². The van der Waals surface area contributed by atoms with Gasteiger partial charge in [0.25, 0.3) is 0 Å². The largest absolute Gasteiger partial charge is 0.457 e. The summed E-state index contributed by atoms with van der Waals surface area (Å²) < 4.78 is 17.6. The molecule has 2 amide bonds. The van der Waals surface area contributed by atoms with E-state index < -0.39 is 20.4 Å². The van der Waals surface area contributed by atoms with E-state index in [1.54, 1.807) is 9.80 Å². The van der Waals surface area contributed by atoms with Crippen molar-refractivity contribution in [3.8, 4) is 0 Å². The van der Waals surface area contributed by atoms with Crippen molar-refractivity contribution < 1.29 is 28.3 Å². The summed E-state index contributed by atoms with van der Waals surface area (Å²) in [5, 5.41) is 1.97. The summed E-state index contributed by atoms with van der Waals surface area (Å²) in [6.07, 6.45) is 4.86. The number of alkyl halides is 1. The van der Waals surface area contributed by atoms with E-state index in [1.807, 2.05) is 25.3 Å². The van der Waals surface area contributed by atoms with Crippen LogP contribution in [0.3, 0.4) is 0 Å². The Labute approximate surface area is 261 Å². The molecule has 0 spiro atoms. The van der Waals surface area contributed by atoms with E-state index in [2.05, 4.69) is 32.8 Å². The minimum absolute atomic E-state index is 0.0510. The average molecular weight is 652 g/mol. The number of thiazole rings is 1. The van der Waals surface area contributed by atoms with Crippen molar-refractivity contribution in [2.24, 2.45) is 11.8 Å². The minimum atomic E-state index is -1.88. The molecule has 1 aromatic heterocycles. The highest BCUT2D eigenvalue weighted by Crippen LogP contribution is 2.53. The van der Waals surface area contributed by atoms with Crippen LogP contribution in [0.15, 0.2) is 51.7 Å². The zero-order chi connectivity index (χ0) is 30.8. The summed E-state index contributed by atoms with van der Waals surface area (Å²) >= 11 is 9.09. The molecule has 0 aromatic carbocycles. The molecule has 13 heteroatoms. The lowest BCUT2D eigenvalue weighted by Crippen LogP contribution is -2.64. The van der Waals surface area contributed by atoms with Crippen LogP contribution >= 0.6 is 34.7 Å². The zero-order valence-corrected chi connectivity index (χ0v) is 28.0. The Balaban J connectivity index is 1.56. The maximum atomic E-state index is 13.4. The van der Waals surface area contributed by atoms with Crippen molar-refractivity contribution in [2.75, 3.05) is 25.6 Å². The molecule has 0 saturated carbocycles. The number of thioether (sulfide) groups is 1. The van der Waals surface area contributed by atoms with E-state index in [0.717, 1.165) is 20.5 Å². The number of β-lactam (4-membered cyclic amide) rings is 1. The molecule has 5 atom stereocenters. The van der Waals surface area contributed by atoms with E-state index in [0.29, 0.717) is 13.0 Å². The van der Waals surface area contributed by atoms with Crippen molar-refractivity contribution in [3.05, 3.63) is 53.1 Å². The molecule has 0 bridgehead atoms. The molecule has 1 saturated heterocycles. The molecule has 4 rings (SSSR count). The fourth-order valence-corrected chi connectivity index (χ4v) is 9.25. The van der Waals surface area contributed by atoms with E-state index in [4.69, 9.17) is 30.5 Å². The molecule has 228 valence electrons. The first-order chi connectivity index (χ1) is 19.9. The molecular weight excluding hydrogens is 614 g/mol. The van der Waals surface area contributed by atoms with Gasteiger partial charge in [0.2, 0.25) is 5.91 Å². The van der Waals surface area contributed by atoms with Crippen LogP contribution in [0, 0.1) is 11.8 Å². The van der Waals surface area contributed by atoms with Crippen LogP contribution < -0.4 is 0 Å². The maximum absolute atomic E-state index is 13.4. The van der Waals surface area contributed by atoms with Crippen LogP contribution in [0.5, 0.6) is 0 Å². The first kappa shape index (κ1) is 32.5. The van der Waals surface area contributed by atoms with Crippen LogP contribution in [0.4, 0.5) is 4.79 Å². The lowest BCUT2D eigenvalue weighted by atomic mass is 9.79. The summed E-state index contributed by atoms with van der Waals surface area (Å²) in [5.41, 5.74) is 2.07. The number of esters is 1. The minimum Gasteiger partial charge on any atom is -0.457 e. The standard InChI is InChI=1S/C29H38ClN3O6S2Si/c1-8-12-37-27(35)24-25(17(3)23-22(26(34)33(23)24)18(4)39-42(5,6)7)41-28-31-21(16-40-28)19-10-11-32(20(14-19)15-30)29(36)38-13-9-2/h8-10,16-18,20,22-23H,1-2,11-15H2,3-7H3/t17-,18-,20-,22-,23-/m1/s1. The van der Waals surface area contributed by atoms with Gasteiger partial charge in [0, 0.05) is 28.6 Å². The smallest absolute Gasteiger partial charge is 0.410 e. The van der Waals surface area contributed by atoms with Gasteiger partial charge in [-0.05, 0) is 38.6 Å². The van der Waals surface area contributed by atoms with Crippen LogP contribution in [0.1, 0.15) is 26.0 Å². The second kappa shape index (κ2) is 13.5. The molecule has 0 N–H and O–H groups in total. The van der Waals surface area contributed by atoms with E-state index >= 15 is 0 Å². The predicted molar refractivity (Wildman–Crippen MR) is 169 cm³/mol. The Morgan fingerprint density at radius 1 is 1.26 bits per heavy atom. The Morgan fingerprint density at radius 3 is 2.60 bits per heavy atom. The van der Waals surface area contributed by atoms with Crippen molar-refractivity contribution >= 4 is 66.6 Å². The number of nitrogens with zero attached hydrogens (tertiary/aromatic N) is 3. The van der Waals surface area contributed by atoms with Gasteiger partial charge in [-0.15, -0.1) is 22.9 Å². The van der Waals surface area contributed by atoms with Gasteiger partial charge in [0.15, 0.2) is 12.7 Å². The average Bonchev–Trinajstić information content (AvgIpc) is 3.50. The summed E-state index contributed by atoms with van der Waals surface area (Å²) in [6, 6.07) is -0.410. The monoisotopic (exact) mass is 651 g/mol. The Bertz CT molecular complexity index is 1310. The first-order valence-corrected chi connectivity index (χ1v) is 19.5. The highest BCUT2D eigenvalue weighted by Gasteiger charge is 2.61. The fraction of sp³-hybridized carbons (Fsp3) is 0.517. The van der Waals surface area contributed by atoms with Crippen LogP contribution in [-0.2, 0) is 23.5 Å². The van der Waals surface area contributed by atoms with Crippen LogP contribution in [0.2, 0.25) is 19.6 Å². The fourth-order valence-electron chi connectivity index (χ4n) is 5.60. The van der Waals surface area contributed by atoms with Gasteiger partial charge in [-0.3, -0.25) is 9.69 Å². The Hall–Kier alpha value is -2.38. The number of fused-ring (bicyclic) bond motifs is 1. The number of hydrogen-bond donors (Lipinski definition) is 0. The highest BCUT2D eigenvalue weighted by atomic mass is 35.5. The van der Waals surface area contributed by atoms with Gasteiger partial charge in [0.05, 0.1) is 29.8 Å². The quantitative estimate of drug-likeness (QED) is 0.0905. The van der Waals surface area contributed by atoms with Gasteiger partial charge in [0.1, 0.15) is 18.9 Å². The van der Waals surface area contributed by atoms with Gasteiger partial charge in [-0.1, -0.05) is 50.1 Å². The molecule has 42 heavy (non-hydrogen) atoms. The Morgan fingerprint density at radius 2 is 1.95 bits per heavy atom. The normalized spacial score (nSPS) is 24.5. The van der Waals surface area contributed by atoms with Crippen molar-refractivity contribution in [2.45, 2.75) is 62.4 Å². The molecule has 0 unspecified atom stereocenters. The maximum Gasteiger partial charge on any atom is 0.410 e. The van der Waals surface area contributed by atoms with Gasteiger partial charge >= 0.3 is 12.1 Å². The molecule has 0 radical (unpaired) electrons.